The molecule has 0 saturated heterocycles. The lowest BCUT2D eigenvalue weighted by Gasteiger charge is -2.03. The Bertz CT molecular complexity index is 680. The van der Waals surface area contributed by atoms with E-state index in [1.807, 2.05) is 0 Å². The van der Waals surface area contributed by atoms with Crippen LogP contribution in [0.3, 0.4) is 0 Å². The lowest BCUT2D eigenvalue weighted by Crippen LogP contribution is -2.19. The van der Waals surface area contributed by atoms with Crippen LogP contribution in [0, 0.1) is 0 Å². The van der Waals surface area contributed by atoms with Crippen molar-refractivity contribution in [2.45, 2.75) is 6.92 Å². The van der Waals surface area contributed by atoms with Gasteiger partial charge in [-0.05, 0) is 19.1 Å². The molecule has 0 aliphatic heterocycles. The number of hydrogen-bond acceptors (Lipinski definition) is 6. The van der Waals surface area contributed by atoms with Crippen LogP contribution in [-0.4, -0.2) is 40.3 Å². The van der Waals surface area contributed by atoms with Gasteiger partial charge in [-0.1, -0.05) is 0 Å². The Labute approximate surface area is 120 Å². The van der Waals surface area contributed by atoms with Crippen molar-refractivity contribution in [2.75, 3.05) is 19.4 Å². The van der Waals surface area contributed by atoms with E-state index in [2.05, 4.69) is 15.4 Å². The Hall–Kier alpha value is -2.90. The Morgan fingerprint density at radius 3 is 2.90 bits per heavy atom. The first-order valence-corrected chi connectivity index (χ1v) is 6.27. The van der Waals surface area contributed by atoms with E-state index in [4.69, 9.17) is 10.5 Å². The summed E-state index contributed by atoms with van der Waals surface area (Å²) in [6.07, 6.45) is 2.96. The van der Waals surface area contributed by atoms with E-state index in [1.165, 1.54) is 24.1 Å². The molecule has 2 rings (SSSR count). The van der Waals surface area contributed by atoms with E-state index in [9.17, 15) is 9.59 Å². The Kier molecular flexibility index (Phi) is 4.17. The summed E-state index contributed by atoms with van der Waals surface area (Å²) in [6.45, 7) is 1.94. The summed E-state index contributed by atoms with van der Waals surface area (Å²) < 4.78 is 6.26. The van der Waals surface area contributed by atoms with Crippen molar-refractivity contribution >= 4 is 17.6 Å². The van der Waals surface area contributed by atoms with E-state index in [1.54, 1.807) is 19.1 Å². The molecule has 110 valence electrons. The highest BCUT2D eigenvalue weighted by Crippen LogP contribution is 2.15. The predicted octanol–water partition coefficient (Wildman–Crippen LogP) is 0.386. The maximum atomic E-state index is 11.7. The molecule has 0 aromatic carbocycles. The Balaban J connectivity index is 2.37. The molecule has 0 aliphatic carbocycles. The molecule has 0 fully saturated rings. The summed E-state index contributed by atoms with van der Waals surface area (Å²) in [7, 11) is 1.52. The van der Waals surface area contributed by atoms with Crippen LogP contribution in [-0.2, 0) is 4.74 Å². The lowest BCUT2D eigenvalue weighted by atomic mass is 10.3. The first-order chi connectivity index (χ1) is 10.1. The molecule has 0 bridgehead atoms. The molecule has 0 saturated carbocycles. The molecule has 8 nitrogen and oxygen atoms in total. The zero-order valence-corrected chi connectivity index (χ0v) is 11.7. The molecule has 1 amide bonds. The molecule has 0 unspecified atom stereocenters. The summed E-state index contributed by atoms with van der Waals surface area (Å²) in [5.74, 6) is -0.906. The van der Waals surface area contributed by atoms with E-state index < -0.39 is 5.97 Å². The highest BCUT2D eigenvalue weighted by Gasteiger charge is 2.17. The minimum Gasteiger partial charge on any atom is -0.461 e. The summed E-state index contributed by atoms with van der Waals surface area (Å²) >= 11 is 0. The average Bonchev–Trinajstić information content (AvgIpc) is 2.89. The number of nitrogens with one attached hydrogen (secondary N) is 1. The lowest BCUT2D eigenvalue weighted by molar-refractivity contribution is 0.0520. The zero-order chi connectivity index (χ0) is 15.4. The summed E-state index contributed by atoms with van der Waals surface area (Å²) in [5, 5.41) is 6.56. The predicted molar refractivity (Wildman–Crippen MR) is 75.1 cm³/mol. The molecule has 8 heteroatoms. The van der Waals surface area contributed by atoms with Gasteiger partial charge in [0.1, 0.15) is 5.69 Å². The third-order valence-electron chi connectivity index (χ3n) is 2.68. The number of esters is 1. The van der Waals surface area contributed by atoms with Gasteiger partial charge in [-0.15, -0.1) is 0 Å². The second-order valence-electron chi connectivity index (χ2n) is 4.08. The van der Waals surface area contributed by atoms with Crippen molar-refractivity contribution in [2.24, 2.45) is 0 Å². The number of carbonyl (C=O) groups excluding carboxylic acids is 2. The van der Waals surface area contributed by atoms with Gasteiger partial charge in [0.15, 0.2) is 5.69 Å². The van der Waals surface area contributed by atoms with Crippen LogP contribution in [0.1, 0.15) is 27.9 Å². The van der Waals surface area contributed by atoms with Crippen LogP contribution >= 0.6 is 0 Å². The SMILES string of the molecule is CCOC(=O)c1nn(-c2ccnc(C(=O)NC)c2)cc1N. The van der Waals surface area contributed by atoms with Gasteiger partial charge >= 0.3 is 5.97 Å². The molecule has 21 heavy (non-hydrogen) atoms. The number of rotatable bonds is 4. The smallest absolute Gasteiger partial charge is 0.361 e. The minimum atomic E-state index is -0.589. The fourth-order valence-electron chi connectivity index (χ4n) is 1.69. The zero-order valence-electron chi connectivity index (χ0n) is 11.7. The van der Waals surface area contributed by atoms with Crippen LogP contribution in [0.5, 0.6) is 0 Å². The number of nitrogens with zero attached hydrogens (tertiary/aromatic N) is 3. The number of nitrogen functional groups attached to an aromatic ring is 1. The number of carbonyl (C=O) groups is 2. The molecule has 2 aromatic heterocycles. The molecule has 2 heterocycles. The topological polar surface area (TPSA) is 112 Å². The molecular weight excluding hydrogens is 274 g/mol. The van der Waals surface area contributed by atoms with Crippen molar-refractivity contribution in [3.05, 3.63) is 35.9 Å². The van der Waals surface area contributed by atoms with Gasteiger partial charge in [-0.2, -0.15) is 5.10 Å². The first kappa shape index (κ1) is 14.5. The second kappa shape index (κ2) is 6.04. The van der Waals surface area contributed by atoms with Crippen LogP contribution in [0.15, 0.2) is 24.5 Å². The fourth-order valence-corrected chi connectivity index (χ4v) is 1.69. The molecular formula is C13H15N5O3. The highest BCUT2D eigenvalue weighted by atomic mass is 16.5. The maximum absolute atomic E-state index is 11.7. The van der Waals surface area contributed by atoms with Gasteiger partial charge in [0.25, 0.3) is 5.91 Å². The largest absolute Gasteiger partial charge is 0.461 e. The molecule has 0 spiro atoms. The Morgan fingerprint density at radius 1 is 1.48 bits per heavy atom. The first-order valence-electron chi connectivity index (χ1n) is 6.27. The van der Waals surface area contributed by atoms with Gasteiger partial charge < -0.3 is 15.8 Å². The van der Waals surface area contributed by atoms with E-state index in [-0.39, 0.29) is 29.6 Å². The van der Waals surface area contributed by atoms with E-state index >= 15 is 0 Å². The van der Waals surface area contributed by atoms with Gasteiger partial charge in [-0.3, -0.25) is 9.78 Å². The standard InChI is InChI=1S/C13H15N5O3/c1-3-21-13(20)11-9(14)7-18(17-11)8-4-5-16-10(6-8)12(19)15-2/h4-7H,3,14H2,1-2H3,(H,15,19). The van der Waals surface area contributed by atoms with Gasteiger partial charge in [0, 0.05) is 13.2 Å². The number of ether oxygens (including phenoxy) is 1. The maximum Gasteiger partial charge on any atom is 0.361 e. The third-order valence-corrected chi connectivity index (χ3v) is 2.68. The average molecular weight is 289 g/mol. The molecule has 2 aromatic rings. The minimum absolute atomic E-state index is 0.0372. The number of anilines is 1. The number of hydrogen-bond donors (Lipinski definition) is 2. The van der Waals surface area contributed by atoms with Crippen molar-refractivity contribution < 1.29 is 14.3 Å². The van der Waals surface area contributed by atoms with Crippen LogP contribution in [0.2, 0.25) is 0 Å². The van der Waals surface area contributed by atoms with Crippen LogP contribution in [0.25, 0.3) is 5.69 Å². The highest BCUT2D eigenvalue weighted by molar-refractivity contribution is 5.93. The number of amides is 1. The molecule has 0 atom stereocenters. The quantitative estimate of drug-likeness (QED) is 0.787. The molecule has 0 radical (unpaired) electrons. The van der Waals surface area contributed by atoms with Crippen molar-refractivity contribution in [3.8, 4) is 5.69 Å². The fraction of sp³-hybridized carbons (Fsp3) is 0.231. The van der Waals surface area contributed by atoms with Gasteiger partial charge in [0.2, 0.25) is 0 Å². The van der Waals surface area contributed by atoms with Gasteiger partial charge in [-0.25, -0.2) is 9.48 Å². The monoisotopic (exact) mass is 289 g/mol. The van der Waals surface area contributed by atoms with E-state index in [0.717, 1.165) is 0 Å². The van der Waals surface area contributed by atoms with Crippen molar-refractivity contribution in [1.82, 2.24) is 20.1 Å². The van der Waals surface area contributed by atoms with Gasteiger partial charge in [0.05, 0.1) is 24.2 Å². The number of aromatic nitrogens is 3. The normalized spacial score (nSPS) is 10.2. The molecule has 3 N–H and O–H groups in total. The molecule has 0 aliphatic rings. The third kappa shape index (κ3) is 2.99. The van der Waals surface area contributed by atoms with Crippen molar-refractivity contribution in [1.29, 1.82) is 0 Å². The summed E-state index contributed by atoms with van der Waals surface area (Å²) in [5.41, 5.74) is 6.79. The van der Waals surface area contributed by atoms with Crippen LogP contribution < -0.4 is 11.1 Å². The Morgan fingerprint density at radius 2 is 2.24 bits per heavy atom. The number of nitrogens with two attached hydrogens (primary N) is 1. The number of pyridine rings is 1. The second-order valence-corrected chi connectivity index (χ2v) is 4.08. The van der Waals surface area contributed by atoms with E-state index in [0.29, 0.717) is 5.69 Å². The van der Waals surface area contributed by atoms with Crippen LogP contribution in [0.4, 0.5) is 5.69 Å². The summed E-state index contributed by atoms with van der Waals surface area (Å²) in [4.78, 5) is 27.2. The van der Waals surface area contributed by atoms with Crippen molar-refractivity contribution in [3.63, 3.8) is 0 Å². The summed E-state index contributed by atoms with van der Waals surface area (Å²) in [6, 6.07) is 3.19.